The lowest BCUT2D eigenvalue weighted by molar-refractivity contribution is -0.118. The molecule has 0 unspecified atom stereocenters. The second kappa shape index (κ2) is 10.6. The highest BCUT2D eigenvalue weighted by atomic mass is 32.2. The number of carbonyl (C=O) groups is 1. The molecule has 0 radical (unpaired) electrons. The maximum Gasteiger partial charge on any atom is 0.230 e. The Kier molecular flexibility index (Phi) is 7.14. The molecule has 2 heterocycles. The summed E-state index contributed by atoms with van der Waals surface area (Å²) < 4.78 is 7.32. The molecule has 0 fully saturated rings. The fourth-order valence-electron chi connectivity index (χ4n) is 3.18. The third kappa shape index (κ3) is 5.33. The monoisotopic (exact) mass is 445 g/mol. The summed E-state index contributed by atoms with van der Waals surface area (Å²) in [5.74, 6) is 1.61. The Bertz CT molecular complexity index is 1170. The van der Waals surface area contributed by atoms with Gasteiger partial charge in [-0.25, -0.2) is 0 Å². The second-order valence-corrected chi connectivity index (χ2v) is 7.86. The first-order chi connectivity index (χ1) is 15.7. The molecule has 1 N–H and O–H groups in total. The largest absolute Gasteiger partial charge is 0.497 e. The number of hydrogen-bond acceptors (Lipinski definition) is 6. The highest BCUT2D eigenvalue weighted by Gasteiger charge is 2.17. The number of hydrogen-bond donors (Lipinski definition) is 1. The van der Waals surface area contributed by atoms with Crippen LogP contribution in [0.4, 0.5) is 0 Å². The van der Waals surface area contributed by atoms with Gasteiger partial charge >= 0.3 is 0 Å². The first kappa shape index (κ1) is 21.6. The minimum absolute atomic E-state index is 0.0588. The summed E-state index contributed by atoms with van der Waals surface area (Å²) in [5, 5.41) is 12.4. The number of methoxy groups -OCH3 is 1. The number of pyridine rings is 1. The van der Waals surface area contributed by atoms with Gasteiger partial charge in [-0.3, -0.25) is 14.3 Å². The van der Waals surface area contributed by atoms with Crippen LogP contribution in [0.1, 0.15) is 5.69 Å². The van der Waals surface area contributed by atoms with E-state index in [0.717, 1.165) is 22.7 Å². The molecule has 0 saturated carbocycles. The van der Waals surface area contributed by atoms with Crippen molar-refractivity contribution in [3.05, 3.63) is 84.7 Å². The molecule has 0 atom stereocenters. The zero-order chi connectivity index (χ0) is 22.2. The minimum atomic E-state index is -0.0588. The SMILES string of the molecule is COc1cccc(-c2nnc(SCC(=O)NCCc3ccccn3)n2-c2ccccc2)c1. The summed E-state index contributed by atoms with van der Waals surface area (Å²) in [6.07, 6.45) is 2.45. The Balaban J connectivity index is 1.48. The topological polar surface area (TPSA) is 81.9 Å². The highest BCUT2D eigenvalue weighted by molar-refractivity contribution is 7.99. The van der Waals surface area contributed by atoms with E-state index >= 15 is 0 Å². The van der Waals surface area contributed by atoms with E-state index in [-0.39, 0.29) is 11.7 Å². The van der Waals surface area contributed by atoms with Crippen LogP contribution in [-0.4, -0.2) is 45.1 Å². The van der Waals surface area contributed by atoms with E-state index < -0.39 is 0 Å². The third-order valence-electron chi connectivity index (χ3n) is 4.74. The van der Waals surface area contributed by atoms with Crippen LogP contribution in [0.3, 0.4) is 0 Å². The number of nitrogens with one attached hydrogen (secondary N) is 1. The number of aromatic nitrogens is 4. The highest BCUT2D eigenvalue weighted by Crippen LogP contribution is 2.29. The molecule has 162 valence electrons. The second-order valence-electron chi connectivity index (χ2n) is 6.92. The number of carbonyl (C=O) groups excluding carboxylic acids is 1. The average molecular weight is 446 g/mol. The average Bonchev–Trinajstić information content (AvgIpc) is 3.28. The van der Waals surface area contributed by atoms with Gasteiger partial charge in [-0.1, -0.05) is 48.2 Å². The van der Waals surface area contributed by atoms with Gasteiger partial charge in [0.2, 0.25) is 5.91 Å². The number of thioether (sulfide) groups is 1. The Labute approximate surface area is 190 Å². The van der Waals surface area contributed by atoms with E-state index in [2.05, 4.69) is 20.5 Å². The molecule has 0 aliphatic carbocycles. The van der Waals surface area contributed by atoms with Crippen LogP contribution in [0.15, 0.2) is 84.1 Å². The molecular formula is C24H23N5O2S. The van der Waals surface area contributed by atoms with Gasteiger partial charge in [0.25, 0.3) is 0 Å². The van der Waals surface area contributed by atoms with Crippen LogP contribution in [0.5, 0.6) is 5.75 Å². The summed E-state index contributed by atoms with van der Waals surface area (Å²) in [5.41, 5.74) is 2.76. The summed E-state index contributed by atoms with van der Waals surface area (Å²) in [6.45, 7) is 0.539. The van der Waals surface area contributed by atoms with Gasteiger partial charge in [-0.05, 0) is 36.4 Å². The molecule has 4 rings (SSSR count). The van der Waals surface area contributed by atoms with Gasteiger partial charge in [-0.15, -0.1) is 10.2 Å². The van der Waals surface area contributed by atoms with Crippen molar-refractivity contribution < 1.29 is 9.53 Å². The van der Waals surface area contributed by atoms with Crippen LogP contribution in [0.2, 0.25) is 0 Å². The molecule has 7 nitrogen and oxygen atoms in total. The van der Waals surface area contributed by atoms with E-state index in [4.69, 9.17) is 4.74 Å². The molecule has 2 aromatic heterocycles. The standard InChI is InChI=1S/C24H23N5O2S/c1-31-21-12-7-8-18(16-21)23-27-28-24(29(23)20-10-3-2-4-11-20)32-17-22(30)26-15-13-19-9-5-6-14-25-19/h2-12,14,16H,13,15,17H2,1H3,(H,26,30). The maximum atomic E-state index is 12.4. The lowest BCUT2D eigenvalue weighted by atomic mass is 10.2. The predicted octanol–water partition coefficient (Wildman–Crippen LogP) is 3.79. The zero-order valence-electron chi connectivity index (χ0n) is 17.6. The normalized spacial score (nSPS) is 10.7. The Morgan fingerprint density at radius 2 is 1.88 bits per heavy atom. The van der Waals surface area contributed by atoms with Gasteiger partial charge in [-0.2, -0.15) is 0 Å². The van der Waals surface area contributed by atoms with E-state index in [9.17, 15) is 4.79 Å². The zero-order valence-corrected chi connectivity index (χ0v) is 18.5. The minimum Gasteiger partial charge on any atom is -0.497 e. The van der Waals surface area contributed by atoms with Gasteiger partial charge in [0.15, 0.2) is 11.0 Å². The van der Waals surface area contributed by atoms with Crippen molar-refractivity contribution >= 4 is 17.7 Å². The number of benzene rings is 2. The lowest BCUT2D eigenvalue weighted by Crippen LogP contribution is -2.27. The summed E-state index contributed by atoms with van der Waals surface area (Å²) in [6, 6.07) is 23.3. The lowest BCUT2D eigenvalue weighted by Gasteiger charge is -2.11. The number of amides is 1. The number of ether oxygens (including phenoxy) is 1. The predicted molar refractivity (Wildman–Crippen MR) is 125 cm³/mol. The van der Waals surface area contributed by atoms with Gasteiger partial charge < -0.3 is 10.1 Å². The van der Waals surface area contributed by atoms with Crippen molar-refractivity contribution in [3.63, 3.8) is 0 Å². The van der Waals surface area contributed by atoms with Crippen molar-refractivity contribution in [2.75, 3.05) is 19.4 Å². The summed E-state index contributed by atoms with van der Waals surface area (Å²) in [7, 11) is 1.63. The van der Waals surface area contributed by atoms with E-state index in [1.807, 2.05) is 77.4 Å². The first-order valence-corrected chi connectivity index (χ1v) is 11.2. The van der Waals surface area contributed by atoms with Crippen LogP contribution >= 0.6 is 11.8 Å². The van der Waals surface area contributed by atoms with Crippen LogP contribution in [0, 0.1) is 0 Å². The van der Waals surface area contributed by atoms with Gasteiger partial charge in [0, 0.05) is 36.1 Å². The molecule has 8 heteroatoms. The van der Waals surface area contributed by atoms with Gasteiger partial charge in [0.1, 0.15) is 5.75 Å². The quantitative estimate of drug-likeness (QED) is 0.395. The molecule has 1 amide bonds. The van der Waals surface area contributed by atoms with Crippen molar-refractivity contribution in [2.45, 2.75) is 11.6 Å². The van der Waals surface area contributed by atoms with Crippen LogP contribution in [-0.2, 0) is 11.2 Å². The Hall–Kier alpha value is -3.65. The molecule has 0 saturated heterocycles. The van der Waals surface area contributed by atoms with E-state index in [0.29, 0.717) is 23.9 Å². The smallest absolute Gasteiger partial charge is 0.230 e. The molecule has 0 aliphatic rings. The first-order valence-electron chi connectivity index (χ1n) is 10.2. The summed E-state index contributed by atoms with van der Waals surface area (Å²) >= 11 is 1.35. The molecule has 0 aliphatic heterocycles. The number of para-hydroxylation sites is 1. The number of nitrogens with zero attached hydrogens (tertiary/aromatic N) is 4. The number of rotatable bonds is 9. The summed E-state index contributed by atoms with van der Waals surface area (Å²) in [4.78, 5) is 16.7. The molecule has 4 aromatic rings. The third-order valence-corrected chi connectivity index (χ3v) is 5.67. The molecule has 2 aromatic carbocycles. The fourth-order valence-corrected chi connectivity index (χ4v) is 3.96. The molecule has 0 bridgehead atoms. The molecular weight excluding hydrogens is 422 g/mol. The fraction of sp³-hybridized carbons (Fsp3) is 0.167. The van der Waals surface area contributed by atoms with Gasteiger partial charge in [0.05, 0.1) is 12.9 Å². The molecule has 32 heavy (non-hydrogen) atoms. The van der Waals surface area contributed by atoms with Crippen molar-refractivity contribution in [3.8, 4) is 22.8 Å². The van der Waals surface area contributed by atoms with Crippen molar-refractivity contribution in [1.82, 2.24) is 25.1 Å². The van der Waals surface area contributed by atoms with Crippen LogP contribution < -0.4 is 10.1 Å². The van der Waals surface area contributed by atoms with E-state index in [1.165, 1.54) is 11.8 Å². The van der Waals surface area contributed by atoms with Crippen molar-refractivity contribution in [1.29, 1.82) is 0 Å². The Morgan fingerprint density at radius 1 is 1.03 bits per heavy atom. The van der Waals surface area contributed by atoms with Crippen molar-refractivity contribution in [2.24, 2.45) is 0 Å². The Morgan fingerprint density at radius 3 is 2.66 bits per heavy atom. The van der Waals surface area contributed by atoms with E-state index in [1.54, 1.807) is 13.3 Å². The van der Waals surface area contributed by atoms with Crippen LogP contribution in [0.25, 0.3) is 17.1 Å². The maximum absolute atomic E-state index is 12.4. The molecule has 0 spiro atoms.